The minimum absolute atomic E-state index is 0.0942. The Bertz CT molecular complexity index is 1840. The Morgan fingerprint density at radius 1 is 1.03 bits per heavy atom. The molecule has 5 rings (SSSR count). The maximum absolute atomic E-state index is 15.5. The second-order valence-electron chi connectivity index (χ2n) is 7.88. The number of aromatic nitrogens is 3. The number of methoxy groups -OCH3 is 2. The van der Waals surface area contributed by atoms with Gasteiger partial charge in [-0.25, -0.2) is 27.5 Å². The van der Waals surface area contributed by atoms with E-state index in [1.807, 2.05) is 0 Å². The van der Waals surface area contributed by atoms with Crippen molar-refractivity contribution in [1.82, 2.24) is 14.5 Å². The maximum atomic E-state index is 15.5. The molecule has 0 saturated carbocycles. The summed E-state index contributed by atoms with van der Waals surface area (Å²) in [5.74, 6) is -0.376. The molecular weight excluding hydrogens is 539 g/mol. The summed E-state index contributed by atoms with van der Waals surface area (Å²) in [6.45, 7) is 0. The molecule has 0 atom stereocenters. The smallest absolute Gasteiger partial charge is 0.308 e. The molecule has 2 aromatic carbocycles. The summed E-state index contributed by atoms with van der Waals surface area (Å²) in [7, 11) is -1.26. The number of ether oxygens (including phenoxy) is 2. The van der Waals surface area contributed by atoms with Gasteiger partial charge in [0.1, 0.15) is 17.8 Å². The van der Waals surface area contributed by atoms with Crippen LogP contribution in [0.25, 0.3) is 27.7 Å². The van der Waals surface area contributed by atoms with Gasteiger partial charge in [-0.05, 0) is 36.4 Å². The summed E-state index contributed by atoms with van der Waals surface area (Å²) in [4.78, 5) is 20.7. The molecule has 0 radical (unpaired) electrons. The molecular formula is C25H18ClFN4O6S. The summed E-state index contributed by atoms with van der Waals surface area (Å²) in [6.07, 6.45) is 3.90. The van der Waals surface area contributed by atoms with Gasteiger partial charge in [0.05, 0.1) is 41.5 Å². The van der Waals surface area contributed by atoms with Crippen LogP contribution in [0.15, 0.2) is 81.3 Å². The molecule has 5 aromatic rings. The van der Waals surface area contributed by atoms with Gasteiger partial charge >= 0.3 is 6.01 Å². The van der Waals surface area contributed by atoms with E-state index in [2.05, 4.69) is 14.7 Å². The number of benzene rings is 2. The first-order chi connectivity index (χ1) is 18.2. The standard InChI is InChI=1S/C25H18ClFN4O6S/c1-35-22-11-17(18-10-15(26)13-29-24(18)36-2)19(27)12-21(22)31-20-5-4-16(9-14(20)3-6-23(31)32)38(33,34)30-25-28-7-8-37-25/h3-13H,1-2H3,(H,28,30). The Morgan fingerprint density at radius 2 is 1.84 bits per heavy atom. The Labute approximate surface area is 220 Å². The van der Waals surface area contributed by atoms with Crippen molar-refractivity contribution in [3.63, 3.8) is 0 Å². The minimum Gasteiger partial charge on any atom is -0.495 e. The summed E-state index contributed by atoms with van der Waals surface area (Å²) >= 11 is 6.07. The molecule has 0 amide bonds. The lowest BCUT2D eigenvalue weighted by Crippen LogP contribution is -2.19. The van der Waals surface area contributed by atoms with Crippen molar-refractivity contribution in [3.05, 3.63) is 88.4 Å². The van der Waals surface area contributed by atoms with E-state index < -0.39 is 21.4 Å². The number of oxazole rings is 1. The van der Waals surface area contributed by atoms with Crippen LogP contribution in [-0.2, 0) is 10.0 Å². The predicted molar refractivity (Wildman–Crippen MR) is 138 cm³/mol. The van der Waals surface area contributed by atoms with Gasteiger partial charge in [-0.2, -0.15) is 0 Å². The van der Waals surface area contributed by atoms with Crippen LogP contribution in [0.4, 0.5) is 10.4 Å². The van der Waals surface area contributed by atoms with Crippen LogP contribution in [0.3, 0.4) is 0 Å². The van der Waals surface area contributed by atoms with Gasteiger partial charge in [0.25, 0.3) is 15.6 Å². The Kier molecular flexibility index (Phi) is 6.51. The van der Waals surface area contributed by atoms with Crippen LogP contribution in [0.2, 0.25) is 5.02 Å². The van der Waals surface area contributed by atoms with Crippen LogP contribution >= 0.6 is 11.6 Å². The molecule has 38 heavy (non-hydrogen) atoms. The number of anilines is 1. The van der Waals surface area contributed by atoms with Crippen LogP contribution in [0, 0.1) is 5.82 Å². The highest BCUT2D eigenvalue weighted by Crippen LogP contribution is 2.37. The number of sulfonamides is 1. The number of pyridine rings is 2. The van der Waals surface area contributed by atoms with Gasteiger partial charge in [0.15, 0.2) is 0 Å². The van der Waals surface area contributed by atoms with Crippen molar-refractivity contribution < 1.29 is 26.7 Å². The molecule has 0 spiro atoms. The number of halogens is 2. The monoisotopic (exact) mass is 556 g/mol. The molecule has 0 aliphatic heterocycles. The van der Waals surface area contributed by atoms with Crippen molar-refractivity contribution >= 4 is 38.5 Å². The van der Waals surface area contributed by atoms with E-state index in [-0.39, 0.29) is 38.8 Å². The molecule has 13 heteroatoms. The molecule has 0 saturated heterocycles. The first-order valence-electron chi connectivity index (χ1n) is 10.9. The molecule has 3 aromatic heterocycles. The van der Waals surface area contributed by atoms with E-state index in [1.54, 1.807) is 0 Å². The number of fused-ring (bicyclic) bond motifs is 1. The molecule has 1 N–H and O–H groups in total. The van der Waals surface area contributed by atoms with E-state index in [4.69, 9.17) is 25.5 Å². The highest BCUT2D eigenvalue weighted by atomic mass is 35.5. The van der Waals surface area contributed by atoms with E-state index in [1.165, 1.54) is 79.9 Å². The highest BCUT2D eigenvalue weighted by Gasteiger charge is 2.21. The zero-order valence-electron chi connectivity index (χ0n) is 19.8. The van der Waals surface area contributed by atoms with Gasteiger partial charge in [-0.15, -0.1) is 0 Å². The molecule has 0 aliphatic carbocycles. The van der Waals surface area contributed by atoms with Crippen LogP contribution in [0.1, 0.15) is 0 Å². The first-order valence-corrected chi connectivity index (χ1v) is 12.7. The number of nitrogens with one attached hydrogen (secondary N) is 1. The SMILES string of the molecule is COc1cc(-c2cc(Cl)cnc2OC)c(F)cc1-n1c(=O)ccc2cc(S(=O)(=O)Nc3ncco3)ccc21. The normalized spacial score (nSPS) is 11.5. The van der Waals surface area contributed by atoms with Gasteiger partial charge in [0.2, 0.25) is 5.88 Å². The van der Waals surface area contributed by atoms with E-state index in [0.717, 1.165) is 6.07 Å². The highest BCUT2D eigenvalue weighted by molar-refractivity contribution is 7.92. The molecule has 10 nitrogen and oxygen atoms in total. The fraction of sp³-hybridized carbons (Fsp3) is 0.0800. The Morgan fingerprint density at radius 3 is 2.55 bits per heavy atom. The maximum Gasteiger partial charge on any atom is 0.308 e. The van der Waals surface area contributed by atoms with Gasteiger partial charge in [0, 0.05) is 34.8 Å². The van der Waals surface area contributed by atoms with Crippen LogP contribution in [0.5, 0.6) is 11.6 Å². The quantitative estimate of drug-likeness (QED) is 0.307. The van der Waals surface area contributed by atoms with Crippen molar-refractivity contribution in [2.45, 2.75) is 4.90 Å². The average molecular weight is 557 g/mol. The van der Waals surface area contributed by atoms with Crippen LogP contribution in [-0.4, -0.2) is 37.2 Å². The second kappa shape index (κ2) is 9.80. The Hall–Kier alpha value is -4.42. The second-order valence-corrected chi connectivity index (χ2v) is 10.0. The van der Waals surface area contributed by atoms with Crippen LogP contribution < -0.4 is 19.8 Å². The molecule has 0 unspecified atom stereocenters. The number of nitrogens with zero attached hydrogens (tertiary/aromatic N) is 3. The summed E-state index contributed by atoms with van der Waals surface area (Å²) in [6, 6.07) is 10.7. The molecule has 3 heterocycles. The summed E-state index contributed by atoms with van der Waals surface area (Å²) in [5, 5.41) is 0.670. The summed E-state index contributed by atoms with van der Waals surface area (Å²) < 4.78 is 60.3. The lowest BCUT2D eigenvalue weighted by Gasteiger charge is -2.17. The van der Waals surface area contributed by atoms with Crippen molar-refractivity contribution in [2.75, 3.05) is 18.9 Å². The Balaban J connectivity index is 1.66. The zero-order chi connectivity index (χ0) is 27.0. The first kappa shape index (κ1) is 25.2. The average Bonchev–Trinajstić information content (AvgIpc) is 3.40. The van der Waals surface area contributed by atoms with E-state index >= 15 is 4.39 Å². The minimum atomic E-state index is -4.04. The number of hydrogen-bond acceptors (Lipinski definition) is 8. The third-order valence-corrected chi connectivity index (χ3v) is 7.17. The van der Waals surface area contributed by atoms with Crippen molar-refractivity contribution in [2.24, 2.45) is 0 Å². The van der Waals surface area contributed by atoms with E-state index in [9.17, 15) is 13.2 Å². The zero-order valence-corrected chi connectivity index (χ0v) is 21.4. The lowest BCUT2D eigenvalue weighted by atomic mass is 10.0. The predicted octanol–water partition coefficient (Wildman–Crippen LogP) is 4.65. The van der Waals surface area contributed by atoms with Gasteiger partial charge < -0.3 is 13.9 Å². The number of hydrogen-bond donors (Lipinski definition) is 1. The fourth-order valence-electron chi connectivity index (χ4n) is 3.96. The fourth-order valence-corrected chi connectivity index (χ4v) is 5.09. The molecule has 194 valence electrons. The van der Waals surface area contributed by atoms with Crippen molar-refractivity contribution in [1.29, 1.82) is 0 Å². The van der Waals surface area contributed by atoms with Gasteiger partial charge in [-0.3, -0.25) is 9.36 Å². The third kappa shape index (κ3) is 4.55. The van der Waals surface area contributed by atoms with Crippen molar-refractivity contribution in [3.8, 4) is 28.4 Å². The van der Waals surface area contributed by atoms with E-state index in [0.29, 0.717) is 16.5 Å². The third-order valence-electron chi connectivity index (χ3n) is 5.64. The summed E-state index contributed by atoms with van der Waals surface area (Å²) in [5.41, 5.74) is 0.322. The topological polar surface area (TPSA) is 126 Å². The lowest BCUT2D eigenvalue weighted by molar-refractivity contribution is 0.399. The largest absolute Gasteiger partial charge is 0.495 e. The molecule has 0 fully saturated rings. The molecule has 0 aliphatic rings. The molecule has 0 bridgehead atoms. The number of rotatable bonds is 7. The van der Waals surface area contributed by atoms with Gasteiger partial charge in [-0.1, -0.05) is 11.6 Å².